The third-order valence-electron chi connectivity index (χ3n) is 0. The van der Waals surface area contributed by atoms with Crippen LogP contribution in [-0.4, -0.2) is 90.6 Å². The third-order valence-corrected chi connectivity index (χ3v) is 0. The average Bonchev–Trinajstić information content (AvgIpc) is 0.722. The molecule has 0 bridgehead atoms. The van der Waals surface area contributed by atoms with E-state index in [1.165, 1.54) is 0 Å². The molecule has 0 saturated carbocycles. The van der Waals surface area contributed by atoms with Crippen LogP contribution in [0.3, 0.4) is 0 Å². The molecule has 0 aliphatic carbocycles. The molecule has 0 heterocycles. The van der Waals surface area contributed by atoms with Gasteiger partial charge in [0.15, 0.2) is 0 Å². The number of rotatable bonds is 0. The van der Waals surface area contributed by atoms with E-state index in [2.05, 4.69) is 11.7 Å². The summed E-state index contributed by atoms with van der Waals surface area (Å²) in [5, 5.41) is 0. The van der Waals surface area contributed by atoms with E-state index in [4.69, 9.17) is 13.0 Å². The Bertz CT molecular complexity index is 96.1. The van der Waals surface area contributed by atoms with E-state index in [0.29, 0.717) is 0 Å². The summed E-state index contributed by atoms with van der Waals surface area (Å²) in [5.74, 6) is 0. The van der Waals surface area contributed by atoms with Gasteiger partial charge < -0.3 is 0 Å². The molecule has 7 heavy (non-hydrogen) atoms. The normalized spacial score (nSPS) is 8.29. The molecule has 0 aromatic heterocycles. The zero-order chi connectivity index (χ0) is 4.50. The van der Waals surface area contributed by atoms with E-state index in [1.54, 1.807) is 0 Å². The van der Waals surface area contributed by atoms with Crippen LogP contribution in [0.15, 0.2) is 0 Å². The van der Waals surface area contributed by atoms with Gasteiger partial charge in [0.2, 0.25) is 0 Å². The van der Waals surface area contributed by atoms with Gasteiger partial charge in [-0.25, -0.2) is 0 Å². The van der Waals surface area contributed by atoms with Crippen molar-refractivity contribution in [3.8, 4) is 0 Å². The molecule has 0 aliphatic heterocycles. The van der Waals surface area contributed by atoms with Crippen LogP contribution in [0.25, 0.3) is 0 Å². The van der Waals surface area contributed by atoms with E-state index < -0.39 is 9.15 Å². The Balaban J connectivity index is -0.0000000800. The fourth-order valence-electron chi connectivity index (χ4n) is 0. The van der Waals surface area contributed by atoms with Crippen molar-refractivity contribution in [1.82, 2.24) is 0 Å². The summed E-state index contributed by atoms with van der Waals surface area (Å²) in [6.07, 6.45) is 0. The van der Waals surface area contributed by atoms with Crippen molar-refractivity contribution in [2.24, 2.45) is 0 Å². The average molecular weight is 366 g/mol. The number of hydrogen-bond donors (Lipinski definition) is 2. The third kappa shape index (κ3) is 52.2. The Morgan fingerprint density at radius 3 is 1.43 bits per heavy atom. The summed E-state index contributed by atoms with van der Waals surface area (Å²) in [7, 11) is -3.97. The Morgan fingerprint density at radius 1 is 1.43 bits per heavy atom. The second kappa shape index (κ2) is 6.89. The van der Waals surface area contributed by atoms with Crippen LogP contribution in [0.1, 0.15) is 0 Å². The molecule has 0 fully saturated rings. The summed E-state index contributed by atoms with van der Waals surface area (Å²) in [6, 6.07) is 0. The van der Waals surface area contributed by atoms with Gasteiger partial charge in [-0.05, 0) is 11.7 Å². The molecular weight excluding hydrogens is 360 g/mol. The first-order valence-electron chi connectivity index (χ1n) is 0.698. The van der Waals surface area contributed by atoms with Crippen molar-refractivity contribution in [2.45, 2.75) is 0 Å². The molecule has 0 radical (unpaired) electrons. The molecular formula is H6BiKO3S2. The SMILES string of the molecule is O=S(=O)(O)S.[BiH3].[KH]. The minimum absolute atomic E-state index is 0. The molecule has 0 aromatic rings. The molecule has 1 N–H and O–H groups in total. The molecule has 0 rings (SSSR count). The molecule has 0 amide bonds. The first-order chi connectivity index (χ1) is 2.00. The summed E-state index contributed by atoms with van der Waals surface area (Å²) in [4.78, 5) is 0. The van der Waals surface area contributed by atoms with Crippen molar-refractivity contribution in [1.29, 1.82) is 0 Å². The number of thiol groups is 1. The fourth-order valence-corrected chi connectivity index (χ4v) is 0. The van der Waals surface area contributed by atoms with E-state index in [-0.39, 0.29) is 77.6 Å². The van der Waals surface area contributed by atoms with Gasteiger partial charge in [-0.15, -0.1) is 0 Å². The fraction of sp³-hybridized carbons (Fsp3) is 0. The molecule has 0 aromatic carbocycles. The zero-order valence-electron chi connectivity index (χ0n) is 2.83. The van der Waals surface area contributed by atoms with Crippen LogP contribution in [0.4, 0.5) is 0 Å². The van der Waals surface area contributed by atoms with Gasteiger partial charge in [0.05, 0.1) is 0 Å². The predicted octanol–water partition coefficient (Wildman–Crippen LogP) is -2.11. The van der Waals surface area contributed by atoms with Gasteiger partial charge in [0, 0.05) is 0 Å². The van der Waals surface area contributed by atoms with Crippen molar-refractivity contribution in [3.63, 3.8) is 0 Å². The second-order valence-corrected chi connectivity index (χ2v) is 2.73. The van der Waals surface area contributed by atoms with Crippen molar-refractivity contribution in [2.75, 3.05) is 0 Å². The molecule has 3 nitrogen and oxygen atoms in total. The summed E-state index contributed by atoms with van der Waals surface area (Å²) in [6.45, 7) is 0. The Kier molecular flexibility index (Phi) is 16.2. The van der Waals surface area contributed by atoms with Crippen LogP contribution in [0.2, 0.25) is 0 Å². The second-order valence-electron chi connectivity index (χ2n) is 0.448. The van der Waals surface area contributed by atoms with Crippen LogP contribution in [-0.2, 0) is 9.15 Å². The first-order valence-corrected chi connectivity index (χ1v) is 3.19. The summed E-state index contributed by atoms with van der Waals surface area (Å²) in [5.41, 5.74) is 0. The molecule has 7 heteroatoms. The molecule has 0 spiro atoms. The molecule has 0 aliphatic rings. The van der Waals surface area contributed by atoms with Crippen LogP contribution in [0, 0.1) is 0 Å². The summed E-state index contributed by atoms with van der Waals surface area (Å²) < 4.78 is 25.5. The van der Waals surface area contributed by atoms with Crippen molar-refractivity contribution in [3.05, 3.63) is 0 Å². The maximum absolute atomic E-state index is 9.05. The first kappa shape index (κ1) is 16.4. The summed E-state index contributed by atoms with van der Waals surface area (Å²) >= 11 is 2.65. The zero-order valence-corrected chi connectivity index (χ0v) is 10.0. The Hall–Kier alpha value is 2.78. The van der Waals surface area contributed by atoms with Crippen LogP contribution in [0.5, 0.6) is 0 Å². The standard InChI is InChI=1S/Bi.K.H2O3S2.4H/c;;1-5(2,3)4;;;;/h;;(H2,1,2,3,4);;;;. The molecule has 0 unspecified atom stereocenters. The predicted molar refractivity (Wildman–Crippen MR) is 37.6 cm³/mol. The van der Waals surface area contributed by atoms with Crippen LogP contribution < -0.4 is 0 Å². The van der Waals surface area contributed by atoms with Gasteiger partial charge in [-0.2, -0.15) is 8.42 Å². The van der Waals surface area contributed by atoms with Gasteiger partial charge >= 0.3 is 86.7 Å². The van der Waals surface area contributed by atoms with Crippen molar-refractivity contribution < 1.29 is 13.0 Å². The van der Waals surface area contributed by atoms with E-state index in [9.17, 15) is 0 Å². The van der Waals surface area contributed by atoms with Gasteiger partial charge in [0.25, 0.3) is 0 Å². The monoisotopic (exact) mass is 366 g/mol. The number of hydrogen-bond acceptors (Lipinski definition) is 2. The van der Waals surface area contributed by atoms with Crippen LogP contribution >= 0.6 is 11.7 Å². The minimum atomic E-state index is -3.97. The van der Waals surface area contributed by atoms with E-state index in [1.807, 2.05) is 0 Å². The maximum atomic E-state index is 9.05. The van der Waals surface area contributed by atoms with Crippen molar-refractivity contribution >= 4 is 98.4 Å². The Morgan fingerprint density at radius 2 is 1.43 bits per heavy atom. The topological polar surface area (TPSA) is 54.4 Å². The van der Waals surface area contributed by atoms with Gasteiger partial charge in [-0.3, -0.25) is 4.55 Å². The van der Waals surface area contributed by atoms with E-state index >= 15 is 0 Å². The van der Waals surface area contributed by atoms with Gasteiger partial charge in [0.1, 0.15) is 0 Å². The molecule has 0 saturated heterocycles. The van der Waals surface area contributed by atoms with E-state index in [0.717, 1.165) is 0 Å². The quantitative estimate of drug-likeness (QED) is 0.223. The molecule has 0 atom stereocenters. The molecule has 42 valence electrons. The Labute approximate surface area is 109 Å². The van der Waals surface area contributed by atoms with Gasteiger partial charge in [-0.1, -0.05) is 0 Å².